The molecule has 8 aromatic rings. The van der Waals surface area contributed by atoms with Crippen molar-refractivity contribution in [1.29, 1.82) is 0 Å². The van der Waals surface area contributed by atoms with Crippen LogP contribution in [0.2, 0.25) is 10.3 Å². The number of ether oxygens (including phenoxy) is 2. The normalized spacial score (nSPS) is 9.98. The van der Waals surface area contributed by atoms with Gasteiger partial charge < -0.3 is 25.5 Å². The van der Waals surface area contributed by atoms with Crippen molar-refractivity contribution in [3.63, 3.8) is 0 Å². The molecule has 0 saturated carbocycles. The minimum absolute atomic E-state index is 0.0556. The molecule has 1 amide bonds. The van der Waals surface area contributed by atoms with Gasteiger partial charge in [0.15, 0.2) is 0 Å². The lowest BCUT2D eigenvalue weighted by atomic mass is 10.4. The van der Waals surface area contributed by atoms with Crippen molar-refractivity contribution in [1.82, 2.24) is 29.9 Å². The van der Waals surface area contributed by atoms with E-state index >= 15 is 0 Å². The summed E-state index contributed by atoms with van der Waals surface area (Å²) >= 11 is 21.9. The average molecular weight is 915 g/mol. The van der Waals surface area contributed by atoms with Gasteiger partial charge in [-0.05, 0) is 67.8 Å². The zero-order valence-electron chi connectivity index (χ0n) is 26.9. The summed E-state index contributed by atoms with van der Waals surface area (Å²) in [6.45, 7) is 0. The summed E-state index contributed by atoms with van der Waals surface area (Å²) in [5, 5.41) is 10.7. The van der Waals surface area contributed by atoms with Crippen LogP contribution < -0.4 is 16.6 Å². The molecule has 0 radical (unpaired) electrons. The number of methoxy groups -OCH3 is 2. The Morgan fingerprint density at radius 1 is 0.792 bits per heavy atom. The molecule has 0 aliphatic heterocycles. The van der Waals surface area contributed by atoms with Crippen LogP contribution in [-0.4, -0.2) is 62.5 Å². The number of hydrogen-bond acceptors (Lipinski definition) is 17. The van der Waals surface area contributed by atoms with Crippen LogP contribution in [0.15, 0.2) is 79.4 Å². The number of fused-ring (bicyclic) bond motifs is 3. The Balaban J connectivity index is 0.000000148. The zero-order chi connectivity index (χ0) is 38.3. The summed E-state index contributed by atoms with van der Waals surface area (Å²) in [5.74, 6) is -0.804. The van der Waals surface area contributed by atoms with E-state index in [1.54, 1.807) is 34.2 Å². The predicted molar refractivity (Wildman–Crippen MR) is 218 cm³/mol. The summed E-state index contributed by atoms with van der Waals surface area (Å²) in [6.07, 6.45) is 4.87. The van der Waals surface area contributed by atoms with Crippen LogP contribution in [0.5, 0.6) is 0 Å². The van der Waals surface area contributed by atoms with E-state index in [0.29, 0.717) is 42.5 Å². The summed E-state index contributed by atoms with van der Waals surface area (Å²) in [5.41, 5.74) is 8.93. The van der Waals surface area contributed by atoms with Crippen molar-refractivity contribution in [3.8, 4) is 0 Å². The third-order valence-electron chi connectivity index (χ3n) is 6.00. The number of amides is 1. The topological polar surface area (TPSA) is 205 Å². The van der Waals surface area contributed by atoms with E-state index in [9.17, 15) is 19.2 Å². The van der Waals surface area contributed by atoms with Gasteiger partial charge in [-0.1, -0.05) is 23.2 Å². The van der Waals surface area contributed by atoms with E-state index in [1.165, 1.54) is 78.5 Å². The number of carbonyl (C=O) groups excluding carboxylic acids is 3. The third kappa shape index (κ3) is 11.5. The lowest BCUT2D eigenvalue weighted by Gasteiger charge is -1.98. The van der Waals surface area contributed by atoms with Gasteiger partial charge in [0.2, 0.25) is 6.41 Å². The Morgan fingerprint density at radius 2 is 1.36 bits per heavy atom. The summed E-state index contributed by atoms with van der Waals surface area (Å²) in [4.78, 5) is 66.0. The van der Waals surface area contributed by atoms with Crippen molar-refractivity contribution >= 4 is 156 Å². The number of aromatic amines is 1. The molecule has 0 atom stereocenters. The maximum Gasteiger partial charge on any atom is 0.350 e. The molecule has 0 unspecified atom stereocenters. The Kier molecular flexibility index (Phi) is 16.2. The fourth-order valence-corrected chi connectivity index (χ4v) is 8.59. The highest BCUT2D eigenvalue weighted by atomic mass is 79.9. The largest absolute Gasteiger partial charge is 0.465 e. The second-order valence-corrected chi connectivity index (χ2v) is 16.0. The SMILES string of the molecule is COC(=O)c1sccc1N.COC(=O)c1sccc1NC=O.Clc1ncnc2cc(Br)sc12.Clc1ncnc2ccsc12.O=c1[nH]cnc2ccsc12. The zero-order valence-corrected chi connectivity index (χ0v) is 34.1. The number of esters is 2. The van der Waals surface area contributed by atoms with Crippen LogP contribution >= 0.6 is 95.8 Å². The van der Waals surface area contributed by atoms with E-state index in [1.807, 2.05) is 29.0 Å². The van der Waals surface area contributed by atoms with E-state index in [2.05, 4.69) is 60.6 Å². The lowest BCUT2D eigenvalue weighted by Crippen LogP contribution is -2.03. The number of anilines is 2. The van der Waals surface area contributed by atoms with Gasteiger partial charge in [0.25, 0.3) is 5.56 Å². The third-order valence-corrected chi connectivity index (χ3v) is 12.1. The molecule has 0 aliphatic carbocycles. The lowest BCUT2D eigenvalue weighted by molar-refractivity contribution is -0.105. The molecule has 8 heterocycles. The minimum atomic E-state index is -0.436. The Labute approximate surface area is 337 Å². The van der Waals surface area contributed by atoms with E-state index < -0.39 is 5.97 Å². The molecule has 8 rings (SSSR count). The monoisotopic (exact) mass is 912 g/mol. The fourth-order valence-electron chi connectivity index (χ4n) is 3.67. The molecule has 0 bridgehead atoms. The number of aromatic nitrogens is 6. The van der Waals surface area contributed by atoms with Gasteiger partial charge in [-0.15, -0.1) is 56.7 Å². The van der Waals surface area contributed by atoms with Gasteiger partial charge >= 0.3 is 11.9 Å². The molecule has 0 aromatic carbocycles. The van der Waals surface area contributed by atoms with Crippen molar-refractivity contribution in [2.45, 2.75) is 0 Å². The molecular weight excluding hydrogens is 892 g/mol. The van der Waals surface area contributed by atoms with Gasteiger partial charge in [0.1, 0.15) is 37.4 Å². The maximum atomic E-state index is 11.0. The number of nitrogen functional groups attached to an aromatic ring is 1. The highest BCUT2D eigenvalue weighted by Crippen LogP contribution is 2.32. The van der Waals surface area contributed by atoms with E-state index in [4.69, 9.17) is 28.9 Å². The van der Waals surface area contributed by atoms with Crippen molar-refractivity contribution in [2.24, 2.45) is 0 Å². The molecule has 274 valence electrons. The van der Waals surface area contributed by atoms with Gasteiger partial charge in [0.05, 0.1) is 61.7 Å². The molecule has 22 heteroatoms. The van der Waals surface area contributed by atoms with Gasteiger partial charge in [0, 0.05) is 0 Å². The first-order valence-corrected chi connectivity index (χ1v) is 20.0. The molecule has 0 saturated heterocycles. The van der Waals surface area contributed by atoms with E-state index in [0.717, 1.165) is 29.7 Å². The highest BCUT2D eigenvalue weighted by Gasteiger charge is 2.12. The van der Waals surface area contributed by atoms with Gasteiger partial charge in [-0.3, -0.25) is 9.59 Å². The van der Waals surface area contributed by atoms with Crippen LogP contribution in [-0.2, 0) is 14.3 Å². The standard InChI is InChI=1S/C7H7NO3S.C6H2BrClN2S.C6H3ClN2S.C6H4N2OS.C6H7NO2S/c1-11-7(10)6-5(8-4-9)2-3-12-6;7-4-1-3-5(11-4)6(8)10-2-9-3;7-6-5-4(1-2-10-5)8-3-9-6;9-6-5-4(1-2-10-5)7-3-8-6;1-9-6(8)5-4(7)2-3-10-5/h2-4H,1H3,(H,8,9);1-2H;1-3H;1-3H,(H,7,8,9);2-3H,7H2,1H3. The van der Waals surface area contributed by atoms with Crippen LogP contribution in [0.4, 0.5) is 11.4 Å². The first kappa shape index (κ1) is 41.3. The summed E-state index contributed by atoms with van der Waals surface area (Å²) < 4.78 is 12.6. The van der Waals surface area contributed by atoms with Crippen molar-refractivity contribution < 1.29 is 23.9 Å². The number of rotatable bonds is 4. The quantitative estimate of drug-likeness (QED) is 0.0862. The average Bonchev–Trinajstić information content (AvgIpc) is 4.00. The number of carbonyl (C=O) groups is 3. The molecule has 0 spiro atoms. The smallest absolute Gasteiger partial charge is 0.350 e. The molecule has 8 aromatic heterocycles. The minimum Gasteiger partial charge on any atom is -0.465 e. The number of halogens is 3. The van der Waals surface area contributed by atoms with Crippen LogP contribution in [0, 0.1) is 0 Å². The number of nitrogens with two attached hydrogens (primary N) is 1. The first-order chi connectivity index (χ1) is 25.6. The number of H-pyrrole nitrogens is 1. The predicted octanol–water partition coefficient (Wildman–Crippen LogP) is 8.66. The van der Waals surface area contributed by atoms with Crippen molar-refractivity contribution in [3.05, 3.63) is 105 Å². The van der Waals surface area contributed by atoms with Crippen molar-refractivity contribution in [2.75, 3.05) is 25.3 Å². The second-order valence-electron chi connectivity index (χ2n) is 9.21. The van der Waals surface area contributed by atoms with Crippen LogP contribution in [0.3, 0.4) is 0 Å². The van der Waals surface area contributed by atoms with Crippen LogP contribution in [0.25, 0.3) is 30.6 Å². The summed E-state index contributed by atoms with van der Waals surface area (Å²) in [7, 11) is 2.63. The fraction of sp³-hybridized carbons (Fsp3) is 0.0645. The molecule has 4 N–H and O–H groups in total. The maximum absolute atomic E-state index is 11.0. The highest BCUT2D eigenvalue weighted by molar-refractivity contribution is 9.11. The second kappa shape index (κ2) is 20.7. The molecule has 14 nitrogen and oxygen atoms in total. The molecule has 0 fully saturated rings. The Bertz CT molecular complexity index is 2500. The summed E-state index contributed by atoms with van der Waals surface area (Å²) in [6, 6.07) is 9.00. The number of hydrogen-bond donors (Lipinski definition) is 3. The molecule has 53 heavy (non-hydrogen) atoms. The number of thiophene rings is 5. The number of nitrogens with one attached hydrogen (secondary N) is 2. The van der Waals surface area contributed by atoms with Gasteiger partial charge in [-0.2, -0.15) is 0 Å². The number of nitrogens with zero attached hydrogens (tertiary/aromatic N) is 5. The van der Waals surface area contributed by atoms with E-state index in [-0.39, 0.29) is 11.5 Å². The van der Waals surface area contributed by atoms with Crippen LogP contribution in [0.1, 0.15) is 19.3 Å². The Morgan fingerprint density at radius 3 is 1.94 bits per heavy atom. The first-order valence-electron chi connectivity index (χ1n) is 14.1. The Hall–Kier alpha value is -4.41. The molecule has 0 aliphatic rings. The molecular formula is C31H23BrCl2N8O6S5. The van der Waals surface area contributed by atoms with Gasteiger partial charge in [-0.25, -0.2) is 34.5 Å².